The van der Waals surface area contributed by atoms with E-state index in [1.807, 2.05) is 18.2 Å². The number of hydrogen-bond acceptors (Lipinski definition) is 3. The lowest BCUT2D eigenvalue weighted by molar-refractivity contribution is 0.0945. The van der Waals surface area contributed by atoms with Gasteiger partial charge in [0, 0.05) is 24.7 Å². The zero-order valence-corrected chi connectivity index (χ0v) is 10.6. The predicted molar refractivity (Wildman–Crippen MR) is 72.6 cm³/mol. The van der Waals surface area contributed by atoms with Crippen molar-refractivity contribution in [1.29, 1.82) is 5.41 Å². The highest BCUT2D eigenvalue weighted by molar-refractivity contribution is 5.95. The summed E-state index contributed by atoms with van der Waals surface area (Å²) in [6.45, 7) is 1.74. The smallest absolute Gasteiger partial charge is 0.122 e. The standard InChI is InChI=1S/C14H21N3O/c15-14(16)12-4-1-3-11(9-12)10-17(7-8-18)13-5-2-6-13/h1,3-4,9,13,18H,2,5-8,10H2,(H3,15,16). The fraction of sp³-hybridized carbons (Fsp3) is 0.500. The molecule has 0 radical (unpaired) electrons. The van der Waals surface area contributed by atoms with Crippen molar-refractivity contribution in [2.75, 3.05) is 13.2 Å². The van der Waals surface area contributed by atoms with Gasteiger partial charge in [-0.15, -0.1) is 0 Å². The van der Waals surface area contributed by atoms with Gasteiger partial charge in [-0.2, -0.15) is 0 Å². The second kappa shape index (κ2) is 5.98. The third-order valence-corrected chi connectivity index (χ3v) is 3.60. The number of aliphatic hydroxyl groups excluding tert-OH is 1. The lowest BCUT2D eigenvalue weighted by atomic mass is 9.91. The SMILES string of the molecule is N=C(N)c1cccc(CN(CCO)C2CCC2)c1. The minimum Gasteiger partial charge on any atom is -0.395 e. The molecule has 1 saturated carbocycles. The van der Waals surface area contributed by atoms with Gasteiger partial charge in [-0.25, -0.2) is 0 Å². The van der Waals surface area contributed by atoms with Crippen LogP contribution in [0.5, 0.6) is 0 Å². The summed E-state index contributed by atoms with van der Waals surface area (Å²) in [5, 5.41) is 16.6. The normalized spacial score (nSPS) is 15.7. The molecule has 2 rings (SSSR count). The summed E-state index contributed by atoms with van der Waals surface area (Å²) in [6, 6.07) is 8.41. The molecule has 0 bridgehead atoms. The highest BCUT2D eigenvalue weighted by Gasteiger charge is 2.24. The molecule has 1 aromatic rings. The van der Waals surface area contributed by atoms with Crippen LogP contribution in [0.25, 0.3) is 0 Å². The Kier molecular flexibility index (Phi) is 4.33. The summed E-state index contributed by atoms with van der Waals surface area (Å²) in [7, 11) is 0. The highest BCUT2D eigenvalue weighted by atomic mass is 16.3. The minimum atomic E-state index is 0.106. The third-order valence-electron chi connectivity index (χ3n) is 3.60. The molecule has 0 aromatic heterocycles. The van der Waals surface area contributed by atoms with Crippen LogP contribution in [0.4, 0.5) is 0 Å². The van der Waals surface area contributed by atoms with E-state index in [-0.39, 0.29) is 12.4 Å². The maximum absolute atomic E-state index is 9.13. The summed E-state index contributed by atoms with van der Waals surface area (Å²) >= 11 is 0. The van der Waals surface area contributed by atoms with Crippen LogP contribution in [-0.2, 0) is 6.54 Å². The second-order valence-corrected chi connectivity index (χ2v) is 4.89. The molecule has 18 heavy (non-hydrogen) atoms. The van der Waals surface area contributed by atoms with Gasteiger partial charge >= 0.3 is 0 Å². The molecule has 98 valence electrons. The molecular formula is C14H21N3O. The van der Waals surface area contributed by atoms with E-state index >= 15 is 0 Å². The van der Waals surface area contributed by atoms with E-state index in [1.165, 1.54) is 19.3 Å². The van der Waals surface area contributed by atoms with Gasteiger partial charge in [0.1, 0.15) is 5.84 Å². The first-order chi connectivity index (χ1) is 8.70. The molecular weight excluding hydrogens is 226 g/mol. The molecule has 4 heteroatoms. The van der Waals surface area contributed by atoms with Gasteiger partial charge in [0.05, 0.1) is 6.61 Å². The Morgan fingerprint density at radius 1 is 1.44 bits per heavy atom. The molecule has 1 fully saturated rings. The summed E-state index contributed by atoms with van der Waals surface area (Å²) in [6.07, 6.45) is 3.75. The number of nitrogens with two attached hydrogens (primary N) is 1. The quantitative estimate of drug-likeness (QED) is 0.524. The summed E-state index contributed by atoms with van der Waals surface area (Å²) < 4.78 is 0. The van der Waals surface area contributed by atoms with E-state index in [9.17, 15) is 0 Å². The number of nitrogens with zero attached hydrogens (tertiary/aromatic N) is 1. The van der Waals surface area contributed by atoms with Crippen molar-refractivity contribution in [1.82, 2.24) is 4.90 Å². The Balaban J connectivity index is 2.05. The average molecular weight is 247 g/mol. The molecule has 1 aliphatic carbocycles. The van der Waals surface area contributed by atoms with Crippen molar-refractivity contribution >= 4 is 5.84 Å². The Labute approximate surface area is 108 Å². The van der Waals surface area contributed by atoms with E-state index in [0.29, 0.717) is 6.04 Å². The Bertz CT molecular complexity index is 415. The van der Waals surface area contributed by atoms with Gasteiger partial charge in [0.2, 0.25) is 0 Å². The molecule has 0 atom stereocenters. The third kappa shape index (κ3) is 3.09. The molecule has 0 spiro atoms. The van der Waals surface area contributed by atoms with Crippen molar-refractivity contribution in [3.05, 3.63) is 35.4 Å². The summed E-state index contributed by atoms with van der Waals surface area (Å²) in [5.41, 5.74) is 7.42. The first-order valence-corrected chi connectivity index (χ1v) is 6.49. The van der Waals surface area contributed by atoms with Gasteiger partial charge in [0.25, 0.3) is 0 Å². The van der Waals surface area contributed by atoms with Crippen LogP contribution >= 0.6 is 0 Å². The van der Waals surface area contributed by atoms with Crippen LogP contribution in [0.1, 0.15) is 30.4 Å². The molecule has 1 aromatic carbocycles. The Morgan fingerprint density at radius 3 is 2.78 bits per heavy atom. The average Bonchev–Trinajstić information content (AvgIpc) is 2.27. The van der Waals surface area contributed by atoms with Crippen molar-refractivity contribution in [3.63, 3.8) is 0 Å². The maximum atomic E-state index is 9.13. The largest absolute Gasteiger partial charge is 0.395 e. The van der Waals surface area contributed by atoms with E-state index < -0.39 is 0 Å². The molecule has 0 aliphatic heterocycles. The minimum absolute atomic E-state index is 0.106. The Morgan fingerprint density at radius 2 is 2.22 bits per heavy atom. The monoisotopic (exact) mass is 247 g/mol. The number of benzene rings is 1. The molecule has 4 N–H and O–H groups in total. The lowest BCUT2D eigenvalue weighted by Gasteiger charge is -2.37. The number of aliphatic hydroxyl groups is 1. The van der Waals surface area contributed by atoms with Crippen molar-refractivity contribution in [2.24, 2.45) is 5.73 Å². The molecule has 0 amide bonds. The summed E-state index contributed by atoms with van der Waals surface area (Å²) in [5.74, 6) is 0.106. The number of hydrogen-bond donors (Lipinski definition) is 3. The first-order valence-electron chi connectivity index (χ1n) is 6.49. The second-order valence-electron chi connectivity index (χ2n) is 4.89. The van der Waals surface area contributed by atoms with Crippen molar-refractivity contribution in [3.8, 4) is 0 Å². The van der Waals surface area contributed by atoms with Crippen LogP contribution in [0.3, 0.4) is 0 Å². The van der Waals surface area contributed by atoms with Gasteiger partial charge in [-0.05, 0) is 24.5 Å². The Hall–Kier alpha value is -1.39. The summed E-state index contributed by atoms with van der Waals surface area (Å²) in [4.78, 5) is 2.32. The predicted octanol–water partition coefficient (Wildman–Crippen LogP) is 1.32. The van der Waals surface area contributed by atoms with E-state index in [1.54, 1.807) is 0 Å². The number of nitrogens with one attached hydrogen (secondary N) is 1. The van der Waals surface area contributed by atoms with Crippen molar-refractivity contribution < 1.29 is 5.11 Å². The number of rotatable bonds is 6. The van der Waals surface area contributed by atoms with E-state index in [4.69, 9.17) is 16.2 Å². The van der Waals surface area contributed by atoms with Gasteiger partial charge in [-0.1, -0.05) is 24.6 Å². The van der Waals surface area contributed by atoms with Gasteiger partial charge in [-0.3, -0.25) is 10.3 Å². The zero-order valence-electron chi connectivity index (χ0n) is 10.6. The zero-order chi connectivity index (χ0) is 13.0. The van der Waals surface area contributed by atoms with Gasteiger partial charge < -0.3 is 10.8 Å². The highest BCUT2D eigenvalue weighted by Crippen LogP contribution is 2.26. The topological polar surface area (TPSA) is 73.3 Å². The maximum Gasteiger partial charge on any atom is 0.122 e. The fourth-order valence-electron chi connectivity index (χ4n) is 2.34. The van der Waals surface area contributed by atoms with Gasteiger partial charge in [0.15, 0.2) is 0 Å². The van der Waals surface area contributed by atoms with Crippen LogP contribution in [0.15, 0.2) is 24.3 Å². The first kappa shape index (κ1) is 13.1. The van der Waals surface area contributed by atoms with Crippen LogP contribution in [0.2, 0.25) is 0 Å². The van der Waals surface area contributed by atoms with Crippen LogP contribution in [0, 0.1) is 5.41 Å². The van der Waals surface area contributed by atoms with Crippen LogP contribution < -0.4 is 5.73 Å². The van der Waals surface area contributed by atoms with E-state index in [2.05, 4.69) is 11.0 Å². The molecule has 0 heterocycles. The number of nitrogen functional groups attached to an aromatic ring is 1. The molecule has 0 unspecified atom stereocenters. The lowest BCUT2D eigenvalue weighted by Crippen LogP contribution is -2.41. The van der Waals surface area contributed by atoms with E-state index in [0.717, 1.165) is 24.2 Å². The molecule has 4 nitrogen and oxygen atoms in total. The van der Waals surface area contributed by atoms with Crippen molar-refractivity contribution in [2.45, 2.75) is 31.8 Å². The number of amidine groups is 1. The molecule has 1 aliphatic rings. The molecule has 0 saturated heterocycles. The van der Waals surface area contributed by atoms with Crippen LogP contribution in [-0.4, -0.2) is 35.0 Å². The fourth-order valence-corrected chi connectivity index (χ4v) is 2.34.